The summed E-state index contributed by atoms with van der Waals surface area (Å²) in [5.74, 6) is -0.358. The maximum absolute atomic E-state index is 14.8. The van der Waals surface area contributed by atoms with Crippen molar-refractivity contribution in [3.63, 3.8) is 0 Å². The fourth-order valence-corrected chi connectivity index (χ4v) is 3.35. The number of rotatable bonds is 3. The third-order valence-corrected chi connectivity index (χ3v) is 4.87. The molecule has 0 radical (unpaired) electrons. The lowest BCUT2D eigenvalue weighted by Crippen LogP contribution is -2.21. The van der Waals surface area contributed by atoms with Crippen LogP contribution in [0.3, 0.4) is 0 Å². The van der Waals surface area contributed by atoms with Gasteiger partial charge in [0.1, 0.15) is 5.82 Å². The van der Waals surface area contributed by atoms with E-state index in [1.165, 1.54) is 17.0 Å². The lowest BCUT2D eigenvalue weighted by Gasteiger charge is -2.10. The van der Waals surface area contributed by atoms with Crippen molar-refractivity contribution in [1.29, 1.82) is 0 Å². The van der Waals surface area contributed by atoms with Gasteiger partial charge < -0.3 is 4.40 Å². The van der Waals surface area contributed by atoms with E-state index in [0.717, 1.165) is 16.6 Å². The zero-order valence-electron chi connectivity index (χ0n) is 14.8. The van der Waals surface area contributed by atoms with Crippen LogP contribution < -0.4 is 5.56 Å². The molecule has 0 aliphatic rings. The zero-order chi connectivity index (χ0) is 19.1. The van der Waals surface area contributed by atoms with Crippen molar-refractivity contribution in [2.45, 2.75) is 6.54 Å². The molecule has 0 saturated heterocycles. The van der Waals surface area contributed by atoms with Crippen LogP contribution in [-0.4, -0.2) is 18.9 Å². The van der Waals surface area contributed by atoms with Gasteiger partial charge in [-0.15, -0.1) is 0 Å². The Bertz CT molecular complexity index is 1390. The Kier molecular flexibility index (Phi) is 3.76. The number of para-hydroxylation sites is 1. The highest BCUT2D eigenvalue weighted by atomic mass is 19.1. The van der Waals surface area contributed by atoms with Crippen LogP contribution in [0.5, 0.6) is 0 Å². The molecule has 0 saturated carbocycles. The molecule has 0 atom stereocenters. The summed E-state index contributed by atoms with van der Waals surface area (Å²) in [6, 6.07) is 16.1. The maximum Gasteiger partial charge on any atom is 0.261 e. The molecule has 5 rings (SSSR count). The van der Waals surface area contributed by atoms with E-state index in [2.05, 4.69) is 9.97 Å². The Hall–Kier alpha value is -3.80. The average molecular weight is 370 g/mol. The Balaban J connectivity index is 1.50. The van der Waals surface area contributed by atoms with Crippen LogP contribution in [-0.2, 0) is 6.54 Å². The molecule has 0 aliphatic carbocycles. The van der Waals surface area contributed by atoms with Gasteiger partial charge in [0.2, 0.25) is 0 Å². The molecule has 5 nitrogen and oxygen atoms in total. The predicted molar refractivity (Wildman–Crippen MR) is 106 cm³/mol. The van der Waals surface area contributed by atoms with E-state index >= 15 is 0 Å². The lowest BCUT2D eigenvalue weighted by atomic mass is 10.0. The molecule has 0 aliphatic heterocycles. The normalized spacial score (nSPS) is 11.3. The number of hydrogen-bond acceptors (Lipinski definition) is 3. The Labute approximate surface area is 159 Å². The first kappa shape index (κ1) is 16.4. The van der Waals surface area contributed by atoms with Crippen molar-refractivity contribution in [2.75, 3.05) is 0 Å². The van der Waals surface area contributed by atoms with Crippen LogP contribution in [0.25, 0.3) is 27.5 Å². The van der Waals surface area contributed by atoms with Gasteiger partial charge in [-0.25, -0.2) is 14.4 Å². The fraction of sp³-hybridized carbons (Fsp3) is 0.0455. The van der Waals surface area contributed by atoms with Gasteiger partial charge in [-0.05, 0) is 35.4 Å². The van der Waals surface area contributed by atoms with E-state index < -0.39 is 0 Å². The van der Waals surface area contributed by atoms with Gasteiger partial charge >= 0.3 is 0 Å². The number of fused-ring (bicyclic) bond motifs is 2. The molecule has 0 spiro atoms. The van der Waals surface area contributed by atoms with E-state index in [9.17, 15) is 9.18 Å². The summed E-state index contributed by atoms with van der Waals surface area (Å²) in [5, 5.41) is 0.524. The van der Waals surface area contributed by atoms with Gasteiger partial charge in [0, 0.05) is 11.8 Å². The van der Waals surface area contributed by atoms with Crippen molar-refractivity contribution in [3.05, 3.63) is 101 Å². The van der Waals surface area contributed by atoms with Crippen molar-refractivity contribution in [1.82, 2.24) is 18.9 Å². The molecule has 0 amide bonds. The van der Waals surface area contributed by atoms with Gasteiger partial charge in [0.25, 0.3) is 5.56 Å². The first-order chi connectivity index (χ1) is 13.7. The molecule has 0 fully saturated rings. The van der Waals surface area contributed by atoms with Crippen LogP contribution in [0.2, 0.25) is 0 Å². The van der Waals surface area contributed by atoms with E-state index in [1.807, 2.05) is 34.9 Å². The highest BCUT2D eigenvalue weighted by molar-refractivity contribution is 5.76. The van der Waals surface area contributed by atoms with E-state index in [0.29, 0.717) is 16.5 Å². The van der Waals surface area contributed by atoms with Gasteiger partial charge in [-0.2, -0.15) is 0 Å². The fourth-order valence-electron chi connectivity index (χ4n) is 3.35. The first-order valence-electron chi connectivity index (χ1n) is 8.84. The molecule has 6 heteroatoms. The average Bonchev–Trinajstić information content (AvgIpc) is 3.19. The molecule has 2 aromatic carbocycles. The summed E-state index contributed by atoms with van der Waals surface area (Å²) in [6.45, 7) is 0.128. The molecule has 3 aromatic heterocycles. The van der Waals surface area contributed by atoms with Crippen molar-refractivity contribution >= 4 is 16.4 Å². The van der Waals surface area contributed by atoms with Gasteiger partial charge in [0.15, 0.2) is 0 Å². The summed E-state index contributed by atoms with van der Waals surface area (Å²) < 4.78 is 18.1. The summed E-state index contributed by atoms with van der Waals surface area (Å²) in [7, 11) is 0. The van der Waals surface area contributed by atoms with Crippen molar-refractivity contribution in [3.8, 4) is 11.1 Å². The van der Waals surface area contributed by atoms with Gasteiger partial charge in [-0.3, -0.25) is 9.36 Å². The van der Waals surface area contributed by atoms with Crippen LogP contribution in [0.15, 0.2) is 84.4 Å². The van der Waals surface area contributed by atoms with E-state index in [4.69, 9.17) is 0 Å². The smallest absolute Gasteiger partial charge is 0.261 e. The Morgan fingerprint density at radius 3 is 2.71 bits per heavy atom. The highest BCUT2D eigenvalue weighted by Gasteiger charge is 2.09. The number of nitrogens with zero attached hydrogens (tertiary/aromatic N) is 4. The highest BCUT2D eigenvalue weighted by Crippen LogP contribution is 2.23. The SMILES string of the molecule is O=c1c2ccccc2ncn1Cc1ccc(-c2ccc3cncn3c2)cc1F. The number of aromatic nitrogens is 4. The number of halogens is 1. The second-order valence-corrected chi connectivity index (χ2v) is 6.64. The predicted octanol–water partition coefficient (Wildman–Crippen LogP) is 3.90. The standard InChI is InChI=1S/C22H15FN4O/c23-20-9-15(16-7-8-18-10-24-13-26(18)11-16)5-6-17(20)12-27-14-25-21-4-2-1-3-19(21)22(27)28/h1-11,13-14H,12H2. The van der Waals surface area contributed by atoms with Gasteiger partial charge in [-0.1, -0.05) is 30.3 Å². The topological polar surface area (TPSA) is 52.2 Å². The molecule has 28 heavy (non-hydrogen) atoms. The monoisotopic (exact) mass is 370 g/mol. The summed E-state index contributed by atoms with van der Waals surface area (Å²) in [4.78, 5) is 21.0. The second kappa shape index (κ2) is 6.42. The lowest BCUT2D eigenvalue weighted by molar-refractivity contribution is 0.596. The number of benzene rings is 2. The molecule has 0 N–H and O–H groups in total. The Morgan fingerprint density at radius 1 is 0.964 bits per heavy atom. The Morgan fingerprint density at radius 2 is 1.82 bits per heavy atom. The summed E-state index contributed by atoms with van der Waals surface area (Å²) >= 11 is 0. The number of hydrogen-bond donors (Lipinski definition) is 0. The van der Waals surface area contributed by atoms with Crippen LogP contribution >= 0.6 is 0 Å². The maximum atomic E-state index is 14.8. The van der Waals surface area contributed by atoms with Gasteiger partial charge in [0.05, 0.1) is 41.8 Å². The van der Waals surface area contributed by atoms with E-state index in [-0.39, 0.29) is 17.9 Å². The largest absolute Gasteiger partial charge is 0.306 e. The van der Waals surface area contributed by atoms with Crippen LogP contribution in [0.1, 0.15) is 5.56 Å². The van der Waals surface area contributed by atoms with Crippen LogP contribution in [0, 0.1) is 5.82 Å². The van der Waals surface area contributed by atoms with Crippen molar-refractivity contribution in [2.24, 2.45) is 0 Å². The summed E-state index contributed by atoms with van der Waals surface area (Å²) in [5.41, 5.74) is 3.52. The molecule has 5 aromatic rings. The third kappa shape index (κ3) is 2.75. The minimum Gasteiger partial charge on any atom is -0.306 e. The number of imidazole rings is 1. The molecular weight excluding hydrogens is 355 g/mol. The van der Waals surface area contributed by atoms with Crippen LogP contribution in [0.4, 0.5) is 4.39 Å². The minimum absolute atomic E-state index is 0.128. The van der Waals surface area contributed by atoms with E-state index in [1.54, 1.807) is 36.8 Å². The second-order valence-electron chi connectivity index (χ2n) is 6.64. The molecule has 3 heterocycles. The third-order valence-electron chi connectivity index (χ3n) is 4.87. The number of pyridine rings is 1. The first-order valence-corrected chi connectivity index (χ1v) is 8.84. The molecule has 136 valence electrons. The zero-order valence-corrected chi connectivity index (χ0v) is 14.8. The summed E-state index contributed by atoms with van der Waals surface area (Å²) in [6.07, 6.45) is 6.85. The van der Waals surface area contributed by atoms with Crippen molar-refractivity contribution < 1.29 is 4.39 Å². The molecule has 0 unspecified atom stereocenters. The minimum atomic E-state index is -0.358. The molecule has 0 bridgehead atoms. The molecular formula is C22H15FN4O. The quantitative estimate of drug-likeness (QED) is 0.484.